The Morgan fingerprint density at radius 2 is 2.00 bits per heavy atom. The molecule has 1 aromatic carbocycles. The number of hydrogen-bond acceptors (Lipinski definition) is 2. The summed E-state index contributed by atoms with van der Waals surface area (Å²) in [6.45, 7) is 0. The standard InChI is InChI=1S/C11H10NO3P/c13-16(14,15)6-4-9-1-2-10-3-5-12-8-11(10)7-9/h1-8H,(H2,13,14,15). The quantitative estimate of drug-likeness (QED) is 0.784. The van der Waals surface area contributed by atoms with Crippen LogP contribution in [0.4, 0.5) is 0 Å². The minimum atomic E-state index is -4.09. The first-order valence-electron chi connectivity index (χ1n) is 4.63. The van der Waals surface area contributed by atoms with Crippen LogP contribution < -0.4 is 0 Å². The van der Waals surface area contributed by atoms with E-state index in [1.165, 1.54) is 6.08 Å². The molecule has 0 saturated carbocycles. The van der Waals surface area contributed by atoms with Crippen LogP contribution in [0.1, 0.15) is 5.56 Å². The Hall–Kier alpha value is -1.48. The molecule has 0 unspecified atom stereocenters. The average molecular weight is 235 g/mol. The molecule has 0 bridgehead atoms. The summed E-state index contributed by atoms with van der Waals surface area (Å²) < 4.78 is 10.7. The van der Waals surface area contributed by atoms with Gasteiger partial charge in [-0.2, -0.15) is 0 Å². The van der Waals surface area contributed by atoms with Gasteiger partial charge in [0.15, 0.2) is 0 Å². The maximum absolute atomic E-state index is 10.7. The monoisotopic (exact) mass is 235 g/mol. The summed E-state index contributed by atoms with van der Waals surface area (Å²) in [5.74, 6) is 0.893. The highest BCUT2D eigenvalue weighted by atomic mass is 31.2. The third-order valence-electron chi connectivity index (χ3n) is 2.13. The summed E-state index contributed by atoms with van der Waals surface area (Å²) >= 11 is 0. The second-order valence-electron chi connectivity index (χ2n) is 3.39. The molecule has 0 aliphatic carbocycles. The Labute approximate surface area is 92.4 Å². The summed E-state index contributed by atoms with van der Waals surface area (Å²) in [4.78, 5) is 21.4. The third-order valence-corrected chi connectivity index (χ3v) is 2.66. The van der Waals surface area contributed by atoms with E-state index in [-0.39, 0.29) is 0 Å². The van der Waals surface area contributed by atoms with Gasteiger partial charge in [-0.15, -0.1) is 0 Å². The third kappa shape index (κ3) is 2.76. The van der Waals surface area contributed by atoms with Gasteiger partial charge in [0.05, 0.1) is 0 Å². The van der Waals surface area contributed by atoms with E-state index in [2.05, 4.69) is 4.98 Å². The van der Waals surface area contributed by atoms with Gasteiger partial charge >= 0.3 is 7.60 Å². The van der Waals surface area contributed by atoms with E-state index in [4.69, 9.17) is 9.79 Å². The van der Waals surface area contributed by atoms with E-state index >= 15 is 0 Å². The SMILES string of the molecule is O=P(O)(O)C=Cc1ccc2ccncc2c1. The fourth-order valence-corrected chi connectivity index (χ4v) is 1.76. The summed E-state index contributed by atoms with van der Waals surface area (Å²) in [6, 6.07) is 7.39. The Kier molecular flexibility index (Phi) is 2.88. The maximum atomic E-state index is 10.7. The first-order valence-corrected chi connectivity index (χ1v) is 6.31. The number of aromatic nitrogens is 1. The zero-order valence-electron chi connectivity index (χ0n) is 8.32. The lowest BCUT2D eigenvalue weighted by atomic mass is 10.1. The minimum Gasteiger partial charge on any atom is -0.321 e. The number of benzene rings is 1. The van der Waals surface area contributed by atoms with Crippen molar-refractivity contribution in [2.45, 2.75) is 0 Å². The second kappa shape index (κ2) is 4.18. The van der Waals surface area contributed by atoms with Crippen molar-refractivity contribution in [3.05, 3.63) is 48.0 Å². The zero-order valence-corrected chi connectivity index (χ0v) is 9.21. The highest BCUT2D eigenvalue weighted by molar-refractivity contribution is 7.55. The van der Waals surface area contributed by atoms with Crippen LogP contribution in [-0.4, -0.2) is 14.8 Å². The molecule has 0 fully saturated rings. The molecule has 1 heterocycles. The van der Waals surface area contributed by atoms with Crippen LogP contribution in [0.15, 0.2) is 42.5 Å². The molecule has 0 amide bonds. The molecule has 16 heavy (non-hydrogen) atoms. The summed E-state index contributed by atoms with van der Waals surface area (Å²) in [5.41, 5.74) is 0.740. The van der Waals surface area contributed by atoms with Crippen molar-refractivity contribution in [2.75, 3.05) is 0 Å². The molecule has 0 radical (unpaired) electrons. The predicted molar refractivity (Wildman–Crippen MR) is 62.8 cm³/mol. The van der Waals surface area contributed by atoms with E-state index in [9.17, 15) is 4.57 Å². The van der Waals surface area contributed by atoms with E-state index in [1.807, 2.05) is 18.2 Å². The predicted octanol–water partition coefficient (Wildman–Crippen LogP) is 2.38. The van der Waals surface area contributed by atoms with E-state index in [0.717, 1.165) is 22.2 Å². The molecule has 4 nitrogen and oxygen atoms in total. The molecule has 0 saturated heterocycles. The Morgan fingerprint density at radius 3 is 2.75 bits per heavy atom. The van der Waals surface area contributed by atoms with Gasteiger partial charge in [-0.1, -0.05) is 12.1 Å². The topological polar surface area (TPSA) is 70.4 Å². The summed E-state index contributed by atoms with van der Waals surface area (Å²) in [7, 11) is -4.09. The number of fused-ring (bicyclic) bond motifs is 1. The van der Waals surface area contributed by atoms with Crippen LogP contribution >= 0.6 is 7.60 Å². The van der Waals surface area contributed by atoms with Gasteiger partial charge in [0.25, 0.3) is 0 Å². The molecular weight excluding hydrogens is 225 g/mol. The lowest BCUT2D eigenvalue weighted by Crippen LogP contribution is -1.77. The van der Waals surface area contributed by atoms with Crippen molar-refractivity contribution in [3.8, 4) is 0 Å². The number of hydrogen-bond donors (Lipinski definition) is 2. The van der Waals surface area contributed by atoms with Gasteiger partial charge in [0.1, 0.15) is 0 Å². The largest absolute Gasteiger partial charge is 0.349 e. The Bertz CT molecular complexity index is 589. The second-order valence-corrected chi connectivity index (χ2v) is 4.86. The molecule has 1 aromatic heterocycles. The van der Waals surface area contributed by atoms with Crippen molar-refractivity contribution >= 4 is 24.4 Å². The first-order chi connectivity index (χ1) is 7.54. The maximum Gasteiger partial charge on any atom is 0.349 e. The molecule has 0 aliphatic rings. The van der Waals surface area contributed by atoms with Crippen LogP contribution in [0.2, 0.25) is 0 Å². The molecular formula is C11H10NO3P. The fourth-order valence-electron chi connectivity index (χ4n) is 1.39. The van der Waals surface area contributed by atoms with E-state index < -0.39 is 7.60 Å². The van der Waals surface area contributed by atoms with Crippen LogP contribution in [0.25, 0.3) is 16.8 Å². The minimum absolute atomic E-state index is 0.740. The van der Waals surface area contributed by atoms with Crippen molar-refractivity contribution in [1.82, 2.24) is 4.98 Å². The van der Waals surface area contributed by atoms with Gasteiger partial charge in [-0.3, -0.25) is 9.55 Å². The zero-order chi connectivity index (χ0) is 11.6. The number of pyridine rings is 1. The Morgan fingerprint density at radius 1 is 1.19 bits per heavy atom. The highest BCUT2D eigenvalue weighted by Crippen LogP contribution is 2.36. The average Bonchev–Trinajstić information content (AvgIpc) is 2.25. The molecule has 2 N–H and O–H groups in total. The molecule has 5 heteroatoms. The fraction of sp³-hybridized carbons (Fsp3) is 0. The van der Waals surface area contributed by atoms with Gasteiger partial charge in [0, 0.05) is 23.6 Å². The molecule has 2 rings (SSSR count). The first kappa shape index (κ1) is 11.0. The summed E-state index contributed by atoms with van der Waals surface area (Å²) in [6.07, 6.45) is 4.82. The van der Waals surface area contributed by atoms with Gasteiger partial charge < -0.3 is 9.79 Å². The van der Waals surface area contributed by atoms with Crippen LogP contribution in [0.3, 0.4) is 0 Å². The van der Waals surface area contributed by atoms with Gasteiger partial charge in [0.2, 0.25) is 0 Å². The molecule has 0 aliphatic heterocycles. The lowest BCUT2D eigenvalue weighted by molar-refractivity contribution is 0.386. The number of rotatable bonds is 2. The van der Waals surface area contributed by atoms with Crippen LogP contribution in [-0.2, 0) is 4.57 Å². The lowest BCUT2D eigenvalue weighted by Gasteiger charge is -1.99. The molecule has 2 aromatic rings. The smallest absolute Gasteiger partial charge is 0.321 e. The Balaban J connectivity index is 2.40. The van der Waals surface area contributed by atoms with E-state index in [0.29, 0.717) is 0 Å². The van der Waals surface area contributed by atoms with Crippen LogP contribution in [0.5, 0.6) is 0 Å². The molecule has 0 atom stereocenters. The van der Waals surface area contributed by atoms with Crippen LogP contribution in [0, 0.1) is 0 Å². The highest BCUT2D eigenvalue weighted by Gasteiger charge is 2.05. The number of nitrogens with zero attached hydrogens (tertiary/aromatic N) is 1. The van der Waals surface area contributed by atoms with Crippen molar-refractivity contribution < 1.29 is 14.4 Å². The molecule has 82 valence electrons. The van der Waals surface area contributed by atoms with Gasteiger partial charge in [-0.05, 0) is 29.2 Å². The van der Waals surface area contributed by atoms with Gasteiger partial charge in [-0.25, -0.2) is 0 Å². The van der Waals surface area contributed by atoms with Crippen molar-refractivity contribution in [2.24, 2.45) is 0 Å². The normalized spacial score (nSPS) is 12.4. The van der Waals surface area contributed by atoms with E-state index in [1.54, 1.807) is 18.5 Å². The van der Waals surface area contributed by atoms with Crippen molar-refractivity contribution in [3.63, 3.8) is 0 Å². The summed E-state index contributed by atoms with van der Waals surface area (Å²) in [5, 5.41) is 1.98. The van der Waals surface area contributed by atoms with Crippen molar-refractivity contribution in [1.29, 1.82) is 0 Å². The molecule has 0 spiro atoms.